The van der Waals surface area contributed by atoms with E-state index in [1.807, 2.05) is 55.5 Å². The Bertz CT molecular complexity index is 816. The third-order valence-corrected chi connectivity index (χ3v) is 3.55. The first-order chi connectivity index (χ1) is 11.7. The highest BCUT2D eigenvalue weighted by Gasteiger charge is 2.03. The van der Waals surface area contributed by atoms with Gasteiger partial charge in [0.05, 0.1) is 5.69 Å². The second kappa shape index (κ2) is 7.57. The van der Waals surface area contributed by atoms with Crippen molar-refractivity contribution in [1.82, 2.24) is 9.97 Å². The van der Waals surface area contributed by atoms with Gasteiger partial charge >= 0.3 is 0 Å². The topological polar surface area (TPSA) is 75.9 Å². The number of nitrogens with one attached hydrogen (secondary N) is 2. The van der Waals surface area contributed by atoms with Crippen LogP contribution in [0.1, 0.15) is 5.56 Å². The molecule has 0 aliphatic rings. The normalized spacial score (nSPS) is 10.4. The van der Waals surface area contributed by atoms with E-state index in [2.05, 4.69) is 26.7 Å². The summed E-state index contributed by atoms with van der Waals surface area (Å²) in [5.41, 5.74) is 9.70. The molecule has 1 aromatic carbocycles. The predicted octanol–water partition coefficient (Wildman–Crippen LogP) is 3.57. The van der Waals surface area contributed by atoms with E-state index in [4.69, 9.17) is 5.73 Å². The Morgan fingerprint density at radius 1 is 1.00 bits per heavy atom. The van der Waals surface area contributed by atoms with Gasteiger partial charge in [-0.25, -0.2) is 9.97 Å². The molecule has 0 radical (unpaired) electrons. The second-order valence-corrected chi connectivity index (χ2v) is 5.55. The maximum Gasteiger partial charge on any atom is 0.132 e. The molecule has 0 aliphatic carbocycles. The van der Waals surface area contributed by atoms with E-state index < -0.39 is 0 Å². The number of aryl methyl sites for hydroxylation is 1. The van der Waals surface area contributed by atoms with E-state index in [1.165, 1.54) is 0 Å². The minimum absolute atomic E-state index is 0.603. The van der Waals surface area contributed by atoms with Gasteiger partial charge in [0.15, 0.2) is 0 Å². The van der Waals surface area contributed by atoms with Crippen LogP contribution in [-0.4, -0.2) is 23.1 Å². The van der Waals surface area contributed by atoms with E-state index in [0.717, 1.165) is 40.7 Å². The first-order valence-electron chi connectivity index (χ1n) is 7.96. The summed E-state index contributed by atoms with van der Waals surface area (Å²) < 4.78 is 0. The summed E-state index contributed by atoms with van der Waals surface area (Å²) in [6.45, 7) is 3.39. The highest BCUT2D eigenvalue weighted by Crippen LogP contribution is 2.23. The highest BCUT2D eigenvalue weighted by molar-refractivity contribution is 5.67. The summed E-state index contributed by atoms with van der Waals surface area (Å²) in [7, 11) is 0. The molecule has 122 valence electrons. The van der Waals surface area contributed by atoms with Gasteiger partial charge in [0.25, 0.3) is 0 Å². The Morgan fingerprint density at radius 3 is 2.71 bits per heavy atom. The van der Waals surface area contributed by atoms with Gasteiger partial charge in [-0.05, 0) is 48.9 Å². The monoisotopic (exact) mass is 319 g/mol. The van der Waals surface area contributed by atoms with Crippen LogP contribution in [-0.2, 0) is 0 Å². The highest BCUT2D eigenvalue weighted by atomic mass is 15.1. The number of aromatic nitrogens is 2. The molecule has 5 nitrogen and oxygen atoms in total. The fourth-order valence-electron chi connectivity index (χ4n) is 2.41. The van der Waals surface area contributed by atoms with E-state index in [9.17, 15) is 0 Å². The number of hydrogen-bond acceptors (Lipinski definition) is 5. The molecule has 2 heterocycles. The summed E-state index contributed by atoms with van der Waals surface area (Å²) in [5.74, 6) is 1.56. The average Bonchev–Trinajstić information content (AvgIpc) is 2.60. The summed E-state index contributed by atoms with van der Waals surface area (Å²) in [6.07, 6.45) is 1.79. The molecule has 3 rings (SSSR count). The van der Waals surface area contributed by atoms with Crippen LogP contribution in [0.5, 0.6) is 0 Å². The SMILES string of the molecule is Cc1ccnc(Nc2cccc(-c3cccc(NCCN)c3)n2)c1. The van der Waals surface area contributed by atoms with E-state index in [-0.39, 0.29) is 0 Å². The van der Waals surface area contributed by atoms with Gasteiger partial charge in [0.1, 0.15) is 11.6 Å². The number of pyridine rings is 2. The number of rotatable bonds is 6. The van der Waals surface area contributed by atoms with E-state index in [1.54, 1.807) is 6.20 Å². The Hall–Kier alpha value is -2.92. The van der Waals surface area contributed by atoms with Crippen LogP contribution in [0.25, 0.3) is 11.3 Å². The molecule has 5 heteroatoms. The average molecular weight is 319 g/mol. The van der Waals surface area contributed by atoms with Crippen molar-refractivity contribution < 1.29 is 0 Å². The van der Waals surface area contributed by atoms with Gasteiger partial charge in [-0.15, -0.1) is 0 Å². The molecule has 0 bridgehead atoms. The lowest BCUT2D eigenvalue weighted by molar-refractivity contribution is 1.02. The summed E-state index contributed by atoms with van der Waals surface area (Å²) in [6, 6.07) is 18.0. The van der Waals surface area contributed by atoms with Crippen molar-refractivity contribution >= 4 is 17.3 Å². The molecular formula is C19H21N5. The molecular weight excluding hydrogens is 298 g/mol. The summed E-state index contributed by atoms with van der Waals surface area (Å²) >= 11 is 0. The predicted molar refractivity (Wildman–Crippen MR) is 99.5 cm³/mol. The molecule has 0 saturated carbocycles. The maximum atomic E-state index is 5.54. The van der Waals surface area contributed by atoms with E-state index in [0.29, 0.717) is 6.54 Å². The molecule has 0 fully saturated rings. The minimum atomic E-state index is 0.603. The fraction of sp³-hybridized carbons (Fsp3) is 0.158. The maximum absolute atomic E-state index is 5.54. The zero-order chi connectivity index (χ0) is 16.8. The first-order valence-corrected chi connectivity index (χ1v) is 7.96. The number of anilines is 3. The molecule has 0 amide bonds. The lowest BCUT2D eigenvalue weighted by atomic mass is 10.1. The van der Waals surface area contributed by atoms with Gasteiger partial charge in [0.2, 0.25) is 0 Å². The van der Waals surface area contributed by atoms with Gasteiger partial charge in [-0.2, -0.15) is 0 Å². The van der Waals surface area contributed by atoms with E-state index >= 15 is 0 Å². The Morgan fingerprint density at radius 2 is 1.88 bits per heavy atom. The first kappa shape index (κ1) is 16.0. The molecule has 0 atom stereocenters. The van der Waals surface area contributed by atoms with Crippen LogP contribution < -0.4 is 16.4 Å². The second-order valence-electron chi connectivity index (χ2n) is 5.55. The van der Waals surface area contributed by atoms with Crippen LogP contribution in [0.4, 0.5) is 17.3 Å². The quantitative estimate of drug-likeness (QED) is 0.647. The minimum Gasteiger partial charge on any atom is -0.384 e. The Kier molecular flexibility index (Phi) is 5.03. The molecule has 0 aliphatic heterocycles. The third kappa shape index (κ3) is 4.08. The number of nitrogens with two attached hydrogens (primary N) is 1. The smallest absolute Gasteiger partial charge is 0.132 e. The summed E-state index contributed by atoms with van der Waals surface area (Å²) in [4.78, 5) is 9.00. The van der Waals surface area contributed by atoms with Gasteiger partial charge in [-0.1, -0.05) is 18.2 Å². The standard InChI is InChI=1S/C19H21N5/c1-14-8-10-22-19(12-14)24-18-7-3-6-17(23-18)15-4-2-5-16(13-15)21-11-9-20/h2-8,10,12-13,21H,9,11,20H2,1H3,(H,22,23,24). The number of hydrogen-bond donors (Lipinski definition) is 3. The molecule has 2 aromatic heterocycles. The van der Waals surface area contributed by atoms with Crippen LogP contribution >= 0.6 is 0 Å². The fourth-order valence-corrected chi connectivity index (χ4v) is 2.41. The van der Waals surface area contributed by atoms with Gasteiger partial charge in [0, 0.05) is 30.5 Å². The van der Waals surface area contributed by atoms with Crippen molar-refractivity contribution in [2.24, 2.45) is 5.73 Å². The van der Waals surface area contributed by atoms with Crippen LogP contribution in [0.2, 0.25) is 0 Å². The van der Waals surface area contributed by atoms with Crippen molar-refractivity contribution in [1.29, 1.82) is 0 Å². The van der Waals surface area contributed by atoms with Crippen molar-refractivity contribution in [2.75, 3.05) is 23.7 Å². The molecule has 24 heavy (non-hydrogen) atoms. The zero-order valence-corrected chi connectivity index (χ0v) is 13.7. The summed E-state index contributed by atoms with van der Waals surface area (Å²) in [5, 5.41) is 6.54. The van der Waals surface area contributed by atoms with Crippen LogP contribution in [0.15, 0.2) is 60.8 Å². The van der Waals surface area contributed by atoms with Crippen LogP contribution in [0, 0.1) is 6.92 Å². The van der Waals surface area contributed by atoms with Crippen molar-refractivity contribution in [3.8, 4) is 11.3 Å². The van der Waals surface area contributed by atoms with Gasteiger partial charge in [-0.3, -0.25) is 0 Å². The third-order valence-electron chi connectivity index (χ3n) is 3.55. The Balaban J connectivity index is 1.82. The zero-order valence-electron chi connectivity index (χ0n) is 13.7. The molecule has 4 N–H and O–H groups in total. The molecule has 3 aromatic rings. The number of nitrogens with zero attached hydrogens (tertiary/aromatic N) is 2. The Labute approximate surface area is 142 Å². The largest absolute Gasteiger partial charge is 0.384 e. The van der Waals surface area contributed by atoms with Crippen molar-refractivity contribution in [3.05, 3.63) is 66.4 Å². The van der Waals surface area contributed by atoms with Crippen LogP contribution in [0.3, 0.4) is 0 Å². The molecule has 0 spiro atoms. The van der Waals surface area contributed by atoms with Gasteiger partial charge < -0.3 is 16.4 Å². The molecule has 0 saturated heterocycles. The lowest BCUT2D eigenvalue weighted by Crippen LogP contribution is -2.12. The number of benzene rings is 1. The molecule has 0 unspecified atom stereocenters. The van der Waals surface area contributed by atoms with Crippen molar-refractivity contribution in [2.45, 2.75) is 6.92 Å². The lowest BCUT2D eigenvalue weighted by Gasteiger charge is -2.09. The van der Waals surface area contributed by atoms with Crippen molar-refractivity contribution in [3.63, 3.8) is 0 Å².